The number of urea groups is 1. The van der Waals surface area contributed by atoms with Crippen LogP contribution in [0.4, 0.5) is 21.9 Å². The van der Waals surface area contributed by atoms with Crippen molar-refractivity contribution in [3.63, 3.8) is 0 Å². The summed E-state index contributed by atoms with van der Waals surface area (Å²) in [6.07, 6.45) is 0. The minimum atomic E-state index is -4.15. The molecule has 0 bridgehead atoms. The Labute approximate surface area is 187 Å². The number of amides is 2. The Balaban J connectivity index is 1.86. The number of sulfonamides is 1. The van der Waals surface area contributed by atoms with Gasteiger partial charge in [0.25, 0.3) is 5.69 Å². The molecule has 160 valence electrons. The van der Waals surface area contributed by atoms with Crippen LogP contribution in [0.2, 0.25) is 10.0 Å². The van der Waals surface area contributed by atoms with Gasteiger partial charge in [-0.05, 0) is 42.0 Å². The van der Waals surface area contributed by atoms with Gasteiger partial charge < -0.3 is 10.6 Å². The molecule has 3 aromatic rings. The molecule has 0 aliphatic rings. The molecule has 0 heterocycles. The predicted octanol–water partition coefficient (Wildman–Crippen LogP) is 4.86. The second-order valence-electron chi connectivity index (χ2n) is 6.27. The molecule has 0 aliphatic carbocycles. The fourth-order valence-corrected chi connectivity index (χ4v) is 3.78. The quantitative estimate of drug-likeness (QED) is 0.352. The third-order valence-electron chi connectivity index (χ3n) is 4.11. The van der Waals surface area contributed by atoms with Crippen molar-refractivity contribution in [3.8, 4) is 11.1 Å². The molecule has 0 fully saturated rings. The molecule has 0 aliphatic heterocycles. The number of carbonyl (C=O) groups excluding carboxylic acids is 1. The van der Waals surface area contributed by atoms with E-state index in [1.54, 1.807) is 6.07 Å². The van der Waals surface area contributed by atoms with Crippen LogP contribution in [0.1, 0.15) is 0 Å². The number of nitro groups is 1. The van der Waals surface area contributed by atoms with E-state index in [-0.39, 0.29) is 26.9 Å². The molecule has 3 rings (SSSR count). The second-order valence-corrected chi connectivity index (χ2v) is 8.61. The summed E-state index contributed by atoms with van der Waals surface area (Å²) in [6.45, 7) is 0. The van der Waals surface area contributed by atoms with E-state index in [0.29, 0.717) is 16.3 Å². The molecule has 9 nitrogen and oxygen atoms in total. The number of carbonyl (C=O) groups is 1. The Kier molecular flexibility index (Phi) is 6.46. The maximum Gasteiger partial charge on any atom is 0.323 e. The molecule has 0 saturated heterocycles. The standard InChI is InChI=1S/C19H14Cl2N4O5S/c20-16-8-1-11(9-17(16)21)15-7-4-13(10-18(15)31(22,29)30)24-19(26)23-12-2-5-14(6-3-12)25(27)28/h1-10H,(H2,22,29,30)(H2,23,24,26). The first-order chi connectivity index (χ1) is 14.5. The molecule has 3 aromatic carbocycles. The number of nitrogens with zero attached hydrogens (tertiary/aromatic N) is 1. The maximum absolute atomic E-state index is 12.2. The number of benzene rings is 3. The van der Waals surface area contributed by atoms with E-state index < -0.39 is 21.0 Å². The first kappa shape index (κ1) is 22.5. The molecule has 0 spiro atoms. The normalized spacial score (nSPS) is 11.1. The van der Waals surface area contributed by atoms with Crippen molar-refractivity contribution in [1.82, 2.24) is 0 Å². The lowest BCUT2D eigenvalue weighted by molar-refractivity contribution is -0.384. The summed E-state index contributed by atoms with van der Waals surface area (Å²) in [5, 5.41) is 21.6. The zero-order chi connectivity index (χ0) is 22.8. The number of primary sulfonamides is 1. The SMILES string of the molecule is NS(=O)(=O)c1cc(NC(=O)Nc2ccc([N+](=O)[O-])cc2)ccc1-c1ccc(Cl)c(Cl)c1. The number of nitrogens with one attached hydrogen (secondary N) is 2. The van der Waals surface area contributed by atoms with Crippen LogP contribution >= 0.6 is 23.2 Å². The Bertz CT molecular complexity index is 1280. The number of non-ortho nitro benzene ring substituents is 1. The van der Waals surface area contributed by atoms with E-state index in [9.17, 15) is 23.3 Å². The van der Waals surface area contributed by atoms with Crippen LogP contribution in [0, 0.1) is 10.1 Å². The number of anilines is 2. The highest BCUT2D eigenvalue weighted by Crippen LogP contribution is 2.33. The summed E-state index contributed by atoms with van der Waals surface area (Å²) in [6, 6.07) is 13.3. The highest BCUT2D eigenvalue weighted by molar-refractivity contribution is 7.89. The molecule has 12 heteroatoms. The van der Waals surface area contributed by atoms with E-state index in [1.807, 2.05) is 0 Å². The Hall–Kier alpha value is -3.18. The molecule has 0 unspecified atom stereocenters. The average molecular weight is 481 g/mol. The lowest BCUT2D eigenvalue weighted by Gasteiger charge is -2.13. The molecule has 31 heavy (non-hydrogen) atoms. The highest BCUT2D eigenvalue weighted by atomic mass is 35.5. The van der Waals surface area contributed by atoms with Gasteiger partial charge in [0.1, 0.15) is 0 Å². The monoisotopic (exact) mass is 480 g/mol. The topological polar surface area (TPSA) is 144 Å². The fraction of sp³-hybridized carbons (Fsp3) is 0. The molecule has 2 amide bonds. The van der Waals surface area contributed by atoms with E-state index in [0.717, 1.165) is 0 Å². The van der Waals surface area contributed by atoms with Gasteiger partial charge in [-0.15, -0.1) is 0 Å². The van der Waals surface area contributed by atoms with Crippen molar-refractivity contribution < 1.29 is 18.1 Å². The van der Waals surface area contributed by atoms with Gasteiger partial charge >= 0.3 is 6.03 Å². The Morgan fingerprint density at radius 2 is 1.52 bits per heavy atom. The minimum absolute atomic E-state index is 0.123. The smallest absolute Gasteiger partial charge is 0.308 e. The van der Waals surface area contributed by atoms with Gasteiger partial charge in [-0.3, -0.25) is 10.1 Å². The van der Waals surface area contributed by atoms with Crippen molar-refractivity contribution in [1.29, 1.82) is 0 Å². The van der Waals surface area contributed by atoms with E-state index in [4.69, 9.17) is 28.3 Å². The molecular weight excluding hydrogens is 467 g/mol. The van der Waals surface area contributed by atoms with Gasteiger partial charge in [0.05, 0.1) is 19.9 Å². The van der Waals surface area contributed by atoms with Crippen LogP contribution in [0.25, 0.3) is 11.1 Å². The summed E-state index contributed by atoms with van der Waals surface area (Å²) in [4.78, 5) is 22.1. The van der Waals surface area contributed by atoms with Gasteiger partial charge in [-0.1, -0.05) is 35.3 Å². The number of nitrogens with two attached hydrogens (primary N) is 1. The number of halogens is 2. The van der Waals surface area contributed by atoms with Gasteiger partial charge in [0.2, 0.25) is 10.0 Å². The molecule has 0 radical (unpaired) electrons. The second kappa shape index (κ2) is 8.90. The maximum atomic E-state index is 12.2. The van der Waals surface area contributed by atoms with E-state index >= 15 is 0 Å². The van der Waals surface area contributed by atoms with Gasteiger partial charge in [-0.2, -0.15) is 0 Å². The fourth-order valence-electron chi connectivity index (χ4n) is 2.70. The Morgan fingerprint density at radius 1 is 0.903 bits per heavy atom. The minimum Gasteiger partial charge on any atom is -0.308 e. The largest absolute Gasteiger partial charge is 0.323 e. The summed E-state index contributed by atoms with van der Waals surface area (Å²) in [7, 11) is -4.15. The summed E-state index contributed by atoms with van der Waals surface area (Å²) >= 11 is 11.9. The van der Waals surface area contributed by atoms with Crippen LogP contribution in [0.15, 0.2) is 65.6 Å². The van der Waals surface area contributed by atoms with Gasteiger partial charge in [-0.25, -0.2) is 18.4 Å². The average Bonchev–Trinajstić information content (AvgIpc) is 2.70. The zero-order valence-electron chi connectivity index (χ0n) is 15.5. The lowest BCUT2D eigenvalue weighted by atomic mass is 10.1. The van der Waals surface area contributed by atoms with E-state index in [1.165, 1.54) is 54.6 Å². The molecular formula is C19H14Cl2N4O5S. The van der Waals surface area contributed by atoms with Crippen LogP contribution in [-0.4, -0.2) is 19.4 Å². The summed E-state index contributed by atoms with van der Waals surface area (Å²) in [5.74, 6) is 0. The van der Waals surface area contributed by atoms with Crippen LogP contribution in [0.5, 0.6) is 0 Å². The van der Waals surface area contributed by atoms with Crippen molar-refractivity contribution in [2.45, 2.75) is 4.90 Å². The summed E-state index contributed by atoms with van der Waals surface area (Å²) < 4.78 is 24.3. The van der Waals surface area contributed by atoms with Crippen LogP contribution < -0.4 is 15.8 Å². The van der Waals surface area contributed by atoms with Crippen molar-refractivity contribution in [3.05, 3.63) is 80.8 Å². The highest BCUT2D eigenvalue weighted by Gasteiger charge is 2.18. The first-order valence-electron chi connectivity index (χ1n) is 8.49. The van der Waals surface area contributed by atoms with Crippen LogP contribution in [-0.2, 0) is 10.0 Å². The van der Waals surface area contributed by atoms with Crippen molar-refractivity contribution >= 4 is 56.3 Å². The number of hydrogen-bond acceptors (Lipinski definition) is 5. The third-order valence-corrected chi connectivity index (χ3v) is 5.80. The molecule has 0 atom stereocenters. The van der Waals surface area contributed by atoms with Gasteiger partial charge in [0, 0.05) is 29.1 Å². The van der Waals surface area contributed by atoms with Crippen molar-refractivity contribution in [2.75, 3.05) is 10.6 Å². The first-order valence-corrected chi connectivity index (χ1v) is 10.8. The molecule has 0 saturated carbocycles. The van der Waals surface area contributed by atoms with E-state index in [2.05, 4.69) is 10.6 Å². The van der Waals surface area contributed by atoms with Crippen LogP contribution in [0.3, 0.4) is 0 Å². The number of hydrogen-bond donors (Lipinski definition) is 3. The Morgan fingerprint density at radius 3 is 2.10 bits per heavy atom. The number of rotatable bonds is 5. The number of nitro benzene ring substituents is 1. The lowest BCUT2D eigenvalue weighted by Crippen LogP contribution is -2.20. The third kappa shape index (κ3) is 5.50. The summed E-state index contributed by atoms with van der Waals surface area (Å²) in [5.41, 5.74) is 1.10. The predicted molar refractivity (Wildman–Crippen MR) is 119 cm³/mol. The van der Waals surface area contributed by atoms with Crippen molar-refractivity contribution in [2.24, 2.45) is 5.14 Å². The zero-order valence-corrected chi connectivity index (χ0v) is 17.8. The molecule has 4 N–H and O–H groups in total. The van der Waals surface area contributed by atoms with Gasteiger partial charge in [0.15, 0.2) is 0 Å². The molecule has 0 aromatic heterocycles.